The van der Waals surface area contributed by atoms with Crippen molar-refractivity contribution in [3.05, 3.63) is 21.1 Å². The fourth-order valence-corrected chi connectivity index (χ4v) is 3.21. The maximum absolute atomic E-state index is 5.89. The first-order chi connectivity index (χ1) is 6.74. The third-order valence-corrected chi connectivity index (χ3v) is 3.87. The number of hydrogen-bond acceptors (Lipinski definition) is 3. The van der Waals surface area contributed by atoms with E-state index in [0.717, 1.165) is 21.5 Å². The average Bonchev–Trinajstić information content (AvgIpc) is 2.58. The van der Waals surface area contributed by atoms with Crippen LogP contribution < -0.4 is 10.5 Å². The maximum atomic E-state index is 5.89. The molecular weight excluding hydrogens is 309 g/mol. The number of fused-ring (bicyclic) bond motifs is 1. The Hall–Kier alpha value is -0.490. The lowest BCUT2D eigenvalue weighted by Gasteiger charge is -2.03. The van der Waals surface area contributed by atoms with Crippen LogP contribution in [0.5, 0.6) is 5.75 Å². The van der Waals surface area contributed by atoms with E-state index in [1.54, 1.807) is 11.3 Å². The molecule has 0 saturated heterocycles. The van der Waals surface area contributed by atoms with Crippen LogP contribution >= 0.6 is 33.9 Å². The quantitative estimate of drug-likeness (QED) is 0.679. The van der Waals surface area contributed by atoms with Gasteiger partial charge in [-0.1, -0.05) is 0 Å². The van der Waals surface area contributed by atoms with Crippen LogP contribution in [0, 0.1) is 3.57 Å². The highest BCUT2D eigenvalue weighted by atomic mass is 127. The summed E-state index contributed by atoms with van der Waals surface area (Å²) < 4.78 is 7.86. The molecule has 1 aromatic carbocycles. The number of nitrogen functional groups attached to an aromatic ring is 1. The Morgan fingerprint density at radius 3 is 3.00 bits per heavy atom. The van der Waals surface area contributed by atoms with Gasteiger partial charge in [-0.05, 0) is 41.6 Å². The Kier molecular flexibility index (Phi) is 2.83. The molecule has 74 valence electrons. The second kappa shape index (κ2) is 3.94. The minimum absolute atomic E-state index is 0.691. The molecule has 0 saturated carbocycles. The minimum Gasteiger partial charge on any atom is -0.492 e. The summed E-state index contributed by atoms with van der Waals surface area (Å²) in [6.07, 6.45) is 0. The van der Waals surface area contributed by atoms with E-state index in [-0.39, 0.29) is 0 Å². The highest BCUT2D eigenvalue weighted by Crippen LogP contribution is 2.38. The van der Waals surface area contributed by atoms with Gasteiger partial charge in [0.1, 0.15) is 5.75 Å². The Labute approximate surface area is 100 Å². The van der Waals surface area contributed by atoms with Gasteiger partial charge in [0, 0.05) is 14.6 Å². The molecule has 2 N–H and O–H groups in total. The van der Waals surface area contributed by atoms with Gasteiger partial charge < -0.3 is 10.5 Å². The third kappa shape index (κ3) is 1.56. The number of hydrogen-bond donors (Lipinski definition) is 1. The highest BCUT2D eigenvalue weighted by molar-refractivity contribution is 14.1. The number of rotatable bonds is 2. The lowest BCUT2D eigenvalue weighted by atomic mass is 10.2. The van der Waals surface area contributed by atoms with Crippen molar-refractivity contribution in [3.63, 3.8) is 0 Å². The smallest absolute Gasteiger partial charge is 0.138 e. The van der Waals surface area contributed by atoms with Crippen molar-refractivity contribution in [2.75, 3.05) is 12.3 Å². The van der Waals surface area contributed by atoms with Gasteiger partial charge >= 0.3 is 0 Å². The number of ether oxygens (including phenoxy) is 1. The zero-order chi connectivity index (χ0) is 10.1. The first-order valence-corrected chi connectivity index (χ1v) is 6.28. The van der Waals surface area contributed by atoms with Crippen LogP contribution in [0.3, 0.4) is 0 Å². The monoisotopic (exact) mass is 319 g/mol. The summed E-state index contributed by atoms with van der Waals surface area (Å²) in [6.45, 7) is 2.68. The van der Waals surface area contributed by atoms with E-state index < -0.39 is 0 Å². The topological polar surface area (TPSA) is 35.2 Å². The van der Waals surface area contributed by atoms with E-state index >= 15 is 0 Å². The van der Waals surface area contributed by atoms with Crippen molar-refractivity contribution in [3.8, 4) is 5.75 Å². The van der Waals surface area contributed by atoms with E-state index in [2.05, 4.69) is 22.6 Å². The number of thiophene rings is 1. The number of benzene rings is 1. The van der Waals surface area contributed by atoms with E-state index in [1.165, 1.54) is 3.57 Å². The molecule has 2 nitrogen and oxygen atoms in total. The molecule has 14 heavy (non-hydrogen) atoms. The number of anilines is 1. The van der Waals surface area contributed by atoms with Crippen molar-refractivity contribution in [2.24, 2.45) is 0 Å². The van der Waals surface area contributed by atoms with Gasteiger partial charge in [0.25, 0.3) is 0 Å². The molecule has 0 atom stereocenters. The summed E-state index contributed by atoms with van der Waals surface area (Å²) in [5.74, 6) is 0.948. The van der Waals surface area contributed by atoms with E-state index in [1.807, 2.05) is 24.4 Å². The Balaban J connectivity index is 2.70. The molecule has 1 aromatic heterocycles. The molecule has 2 rings (SSSR count). The normalized spacial score (nSPS) is 10.7. The van der Waals surface area contributed by atoms with Gasteiger partial charge in [-0.15, -0.1) is 11.3 Å². The van der Waals surface area contributed by atoms with Crippen molar-refractivity contribution in [1.29, 1.82) is 0 Å². The SMILES string of the molecule is CCOc1csc2c(N)ccc(I)c12. The standard InChI is InChI=1S/C10H10INOS/c1-2-13-8-5-14-10-7(12)4-3-6(11)9(8)10/h3-5H,2,12H2,1H3. The van der Waals surface area contributed by atoms with E-state index in [0.29, 0.717) is 6.61 Å². The molecule has 0 aliphatic heterocycles. The van der Waals surface area contributed by atoms with Gasteiger partial charge in [-0.2, -0.15) is 0 Å². The third-order valence-electron chi connectivity index (χ3n) is 1.97. The molecule has 2 aromatic rings. The van der Waals surface area contributed by atoms with Gasteiger partial charge in [-0.25, -0.2) is 0 Å². The van der Waals surface area contributed by atoms with Crippen molar-refractivity contribution < 1.29 is 4.74 Å². The first-order valence-electron chi connectivity index (χ1n) is 4.32. The second-order valence-corrected chi connectivity index (χ2v) is 4.92. The predicted molar refractivity (Wildman–Crippen MR) is 70.1 cm³/mol. The lowest BCUT2D eigenvalue weighted by molar-refractivity contribution is 0.345. The summed E-state index contributed by atoms with van der Waals surface area (Å²) in [5.41, 5.74) is 6.72. The van der Waals surface area contributed by atoms with Gasteiger partial charge in [0.2, 0.25) is 0 Å². The Morgan fingerprint density at radius 2 is 2.29 bits per heavy atom. The molecule has 0 amide bonds. The van der Waals surface area contributed by atoms with Crippen LogP contribution in [0.25, 0.3) is 10.1 Å². The van der Waals surface area contributed by atoms with Crippen molar-refractivity contribution in [1.82, 2.24) is 0 Å². The maximum Gasteiger partial charge on any atom is 0.138 e. The van der Waals surface area contributed by atoms with E-state index in [4.69, 9.17) is 10.5 Å². The molecule has 0 spiro atoms. The molecular formula is C10H10INOS. The Morgan fingerprint density at radius 1 is 1.50 bits per heavy atom. The van der Waals surface area contributed by atoms with Gasteiger partial charge in [0.05, 0.1) is 16.7 Å². The zero-order valence-electron chi connectivity index (χ0n) is 7.71. The molecule has 1 heterocycles. The summed E-state index contributed by atoms with van der Waals surface area (Å²) in [5, 5.41) is 3.17. The molecule has 0 radical (unpaired) electrons. The van der Waals surface area contributed by atoms with Crippen LogP contribution in [-0.2, 0) is 0 Å². The number of nitrogens with two attached hydrogens (primary N) is 1. The summed E-state index contributed by atoms with van der Waals surface area (Å²) in [7, 11) is 0. The Bertz CT molecular complexity index is 466. The van der Waals surface area contributed by atoms with Gasteiger partial charge in [-0.3, -0.25) is 0 Å². The van der Waals surface area contributed by atoms with Crippen LogP contribution in [0.2, 0.25) is 0 Å². The average molecular weight is 319 g/mol. The molecule has 0 aliphatic rings. The zero-order valence-corrected chi connectivity index (χ0v) is 10.7. The summed E-state index contributed by atoms with van der Waals surface area (Å²) in [4.78, 5) is 0. The predicted octanol–water partition coefficient (Wildman–Crippen LogP) is 3.49. The van der Waals surface area contributed by atoms with Crippen LogP contribution in [0.4, 0.5) is 5.69 Å². The van der Waals surface area contributed by atoms with Crippen molar-refractivity contribution in [2.45, 2.75) is 6.92 Å². The molecule has 0 unspecified atom stereocenters. The van der Waals surface area contributed by atoms with E-state index in [9.17, 15) is 0 Å². The largest absolute Gasteiger partial charge is 0.492 e. The van der Waals surface area contributed by atoms with Crippen LogP contribution in [0.1, 0.15) is 6.92 Å². The van der Waals surface area contributed by atoms with Crippen LogP contribution in [0.15, 0.2) is 17.5 Å². The molecule has 0 aliphatic carbocycles. The molecule has 0 bridgehead atoms. The highest BCUT2D eigenvalue weighted by Gasteiger charge is 2.10. The first kappa shape index (κ1) is 10.0. The molecule has 0 fully saturated rings. The lowest BCUT2D eigenvalue weighted by Crippen LogP contribution is -1.91. The number of halogens is 1. The summed E-state index contributed by atoms with van der Waals surface area (Å²) >= 11 is 3.95. The molecule has 4 heteroatoms. The van der Waals surface area contributed by atoms with Crippen molar-refractivity contribution >= 4 is 49.7 Å². The fourth-order valence-electron chi connectivity index (χ4n) is 1.36. The minimum atomic E-state index is 0.691. The second-order valence-electron chi connectivity index (χ2n) is 2.87. The van der Waals surface area contributed by atoms with Crippen LogP contribution in [-0.4, -0.2) is 6.61 Å². The summed E-state index contributed by atoms with van der Waals surface area (Å²) in [6, 6.07) is 3.96. The fraction of sp³-hybridized carbons (Fsp3) is 0.200. The van der Waals surface area contributed by atoms with Gasteiger partial charge in [0.15, 0.2) is 0 Å².